The topological polar surface area (TPSA) is 70.2 Å². The van der Waals surface area contributed by atoms with Crippen molar-refractivity contribution in [2.24, 2.45) is 0 Å². The summed E-state index contributed by atoms with van der Waals surface area (Å²) in [4.78, 5) is 22.5. The largest absolute Gasteiger partial charge is 0.416 e. The molecule has 0 aliphatic rings. The summed E-state index contributed by atoms with van der Waals surface area (Å²) in [5.41, 5.74) is -1.53. The van der Waals surface area contributed by atoms with Crippen molar-refractivity contribution in [1.29, 1.82) is 0 Å². The maximum atomic E-state index is 13.5. The third-order valence-corrected chi connectivity index (χ3v) is 2.52. The second-order valence-electron chi connectivity index (χ2n) is 4.13. The first-order valence-electron chi connectivity index (χ1n) is 5.81. The van der Waals surface area contributed by atoms with Gasteiger partial charge in [-0.25, -0.2) is 9.18 Å². The molecule has 0 aliphatic heterocycles. The van der Waals surface area contributed by atoms with E-state index in [1.54, 1.807) is 0 Å². The van der Waals surface area contributed by atoms with E-state index in [2.05, 4.69) is 10.6 Å². The number of urea groups is 1. The Morgan fingerprint density at radius 2 is 1.86 bits per heavy atom. The average molecular weight is 307 g/mol. The molecule has 1 unspecified atom stereocenters. The summed E-state index contributed by atoms with van der Waals surface area (Å²) in [5, 5.41) is 6.34. The van der Waals surface area contributed by atoms with E-state index in [0.29, 0.717) is 18.2 Å². The first-order valence-corrected chi connectivity index (χ1v) is 5.81. The highest BCUT2D eigenvalue weighted by Crippen LogP contribution is 2.31. The molecule has 9 heteroatoms. The van der Waals surface area contributed by atoms with Crippen molar-refractivity contribution in [3.05, 3.63) is 29.6 Å². The minimum absolute atomic E-state index is 0.482. The Kier molecular flexibility index (Phi) is 5.12. The number of nitrogens with one attached hydrogen (secondary N) is 3. The van der Waals surface area contributed by atoms with E-state index in [0.717, 1.165) is 0 Å². The van der Waals surface area contributed by atoms with Crippen LogP contribution in [0.4, 0.5) is 28.0 Å². The van der Waals surface area contributed by atoms with Gasteiger partial charge in [0.2, 0.25) is 5.91 Å². The molecular formula is C12H13F4N3O2. The fourth-order valence-electron chi connectivity index (χ4n) is 1.39. The van der Waals surface area contributed by atoms with Crippen molar-refractivity contribution in [2.75, 3.05) is 12.4 Å². The first kappa shape index (κ1) is 16.7. The molecule has 1 atom stereocenters. The number of halogens is 4. The van der Waals surface area contributed by atoms with Gasteiger partial charge in [-0.2, -0.15) is 13.2 Å². The maximum absolute atomic E-state index is 13.5. The zero-order chi connectivity index (χ0) is 16.2. The summed E-state index contributed by atoms with van der Waals surface area (Å²) in [5.74, 6) is -1.76. The van der Waals surface area contributed by atoms with Crippen molar-refractivity contribution < 1.29 is 27.2 Å². The van der Waals surface area contributed by atoms with Crippen molar-refractivity contribution in [1.82, 2.24) is 10.6 Å². The lowest BCUT2D eigenvalue weighted by molar-refractivity contribution is -0.137. The van der Waals surface area contributed by atoms with Gasteiger partial charge in [-0.3, -0.25) is 10.1 Å². The number of carbonyl (C=O) groups excluding carboxylic acids is 2. The summed E-state index contributed by atoms with van der Waals surface area (Å²) in [6.45, 7) is 1.28. The quantitative estimate of drug-likeness (QED) is 0.749. The molecule has 3 amide bonds. The summed E-state index contributed by atoms with van der Waals surface area (Å²) < 4.78 is 51.1. The van der Waals surface area contributed by atoms with Crippen molar-refractivity contribution >= 4 is 17.6 Å². The average Bonchev–Trinajstić information content (AvgIpc) is 2.39. The number of benzene rings is 1. The smallest absolute Gasteiger partial charge is 0.372 e. The van der Waals surface area contributed by atoms with Gasteiger partial charge in [-0.1, -0.05) is 0 Å². The minimum atomic E-state index is -4.63. The predicted molar refractivity (Wildman–Crippen MR) is 67.1 cm³/mol. The molecule has 0 aromatic heterocycles. The number of amides is 3. The monoisotopic (exact) mass is 307 g/mol. The van der Waals surface area contributed by atoms with Gasteiger partial charge < -0.3 is 10.6 Å². The molecule has 0 radical (unpaired) electrons. The molecule has 21 heavy (non-hydrogen) atoms. The van der Waals surface area contributed by atoms with Crippen LogP contribution in [0, 0.1) is 5.82 Å². The molecule has 1 aromatic carbocycles. The second-order valence-corrected chi connectivity index (χ2v) is 4.13. The summed E-state index contributed by atoms with van der Waals surface area (Å²) in [6, 6.07) is -0.0954. The van der Waals surface area contributed by atoms with Gasteiger partial charge >= 0.3 is 12.2 Å². The number of hydrogen-bond donors (Lipinski definition) is 3. The third kappa shape index (κ3) is 4.62. The normalized spacial score (nSPS) is 12.5. The van der Waals surface area contributed by atoms with Gasteiger partial charge in [-0.15, -0.1) is 0 Å². The Labute approximate surface area is 117 Å². The Morgan fingerprint density at radius 1 is 1.24 bits per heavy atom. The van der Waals surface area contributed by atoms with Crippen LogP contribution in [0.5, 0.6) is 0 Å². The zero-order valence-corrected chi connectivity index (χ0v) is 11.1. The number of alkyl halides is 3. The Morgan fingerprint density at radius 3 is 2.38 bits per heavy atom. The maximum Gasteiger partial charge on any atom is 0.416 e. The Balaban J connectivity index is 2.87. The highest BCUT2D eigenvalue weighted by molar-refractivity contribution is 5.97. The minimum Gasteiger partial charge on any atom is -0.372 e. The lowest BCUT2D eigenvalue weighted by atomic mass is 10.1. The molecule has 3 N–H and O–H groups in total. The molecule has 0 saturated carbocycles. The number of hydrogen-bond acceptors (Lipinski definition) is 3. The van der Waals surface area contributed by atoms with E-state index in [9.17, 15) is 27.2 Å². The van der Waals surface area contributed by atoms with Crippen LogP contribution in [0.2, 0.25) is 0 Å². The van der Waals surface area contributed by atoms with E-state index in [-0.39, 0.29) is 0 Å². The van der Waals surface area contributed by atoms with Crippen LogP contribution in [0.1, 0.15) is 12.5 Å². The zero-order valence-electron chi connectivity index (χ0n) is 11.1. The van der Waals surface area contributed by atoms with Gasteiger partial charge in [0.25, 0.3) is 0 Å². The van der Waals surface area contributed by atoms with Gasteiger partial charge in [0, 0.05) is 7.05 Å². The van der Waals surface area contributed by atoms with Crippen LogP contribution < -0.4 is 16.0 Å². The summed E-state index contributed by atoms with van der Waals surface area (Å²) in [7, 11) is 1.28. The predicted octanol–water partition coefficient (Wildman–Crippen LogP) is 2.10. The standard InChI is InChI=1S/C12H13F4N3O2/c1-6(10(20)19-11(21)17-2)18-9-5-7(12(14,15)16)3-4-8(9)13/h3-6,18H,1-2H3,(H2,17,19,20,21). The van der Waals surface area contributed by atoms with Crippen molar-refractivity contribution in [3.8, 4) is 0 Å². The molecular weight excluding hydrogens is 294 g/mol. The summed E-state index contributed by atoms with van der Waals surface area (Å²) >= 11 is 0. The number of anilines is 1. The van der Waals surface area contributed by atoms with E-state index in [1.807, 2.05) is 5.32 Å². The lowest BCUT2D eigenvalue weighted by Gasteiger charge is -2.16. The number of imide groups is 1. The van der Waals surface area contributed by atoms with E-state index >= 15 is 0 Å². The molecule has 0 spiro atoms. The molecule has 0 heterocycles. The van der Waals surface area contributed by atoms with E-state index < -0.39 is 41.2 Å². The van der Waals surface area contributed by atoms with Crippen molar-refractivity contribution in [3.63, 3.8) is 0 Å². The van der Waals surface area contributed by atoms with Gasteiger partial charge in [-0.05, 0) is 25.1 Å². The molecule has 0 bridgehead atoms. The molecule has 5 nitrogen and oxygen atoms in total. The van der Waals surface area contributed by atoms with Crippen LogP contribution >= 0.6 is 0 Å². The molecule has 1 aromatic rings. The highest BCUT2D eigenvalue weighted by atomic mass is 19.4. The van der Waals surface area contributed by atoms with Crippen molar-refractivity contribution in [2.45, 2.75) is 19.1 Å². The van der Waals surface area contributed by atoms with Gasteiger partial charge in [0.15, 0.2) is 0 Å². The fourth-order valence-corrected chi connectivity index (χ4v) is 1.39. The highest BCUT2D eigenvalue weighted by Gasteiger charge is 2.31. The number of rotatable bonds is 3. The van der Waals surface area contributed by atoms with Crippen LogP contribution in [-0.4, -0.2) is 25.0 Å². The van der Waals surface area contributed by atoms with Gasteiger partial charge in [0.05, 0.1) is 11.3 Å². The van der Waals surface area contributed by atoms with E-state index in [1.165, 1.54) is 14.0 Å². The van der Waals surface area contributed by atoms with Crippen LogP contribution in [-0.2, 0) is 11.0 Å². The number of carbonyl (C=O) groups is 2. The molecule has 0 saturated heterocycles. The van der Waals surface area contributed by atoms with Crippen LogP contribution in [0.25, 0.3) is 0 Å². The van der Waals surface area contributed by atoms with Crippen LogP contribution in [0.15, 0.2) is 18.2 Å². The Bertz CT molecular complexity index is 546. The van der Waals surface area contributed by atoms with Crippen LogP contribution in [0.3, 0.4) is 0 Å². The Hall–Kier alpha value is -2.32. The summed E-state index contributed by atoms with van der Waals surface area (Å²) in [6.07, 6.45) is -4.63. The molecule has 0 fully saturated rings. The van der Waals surface area contributed by atoms with Gasteiger partial charge in [0.1, 0.15) is 11.9 Å². The fraction of sp³-hybridized carbons (Fsp3) is 0.333. The molecule has 0 aliphatic carbocycles. The molecule has 1 rings (SSSR count). The third-order valence-electron chi connectivity index (χ3n) is 2.52. The first-order chi connectivity index (χ1) is 9.65. The molecule has 116 valence electrons. The van der Waals surface area contributed by atoms with E-state index in [4.69, 9.17) is 0 Å². The second kappa shape index (κ2) is 6.42. The SMILES string of the molecule is CNC(=O)NC(=O)C(C)Nc1cc(C(F)(F)F)ccc1F. The lowest BCUT2D eigenvalue weighted by Crippen LogP contribution is -2.44.